The van der Waals surface area contributed by atoms with E-state index in [-0.39, 0.29) is 35.0 Å². The van der Waals surface area contributed by atoms with Crippen LogP contribution in [-0.2, 0) is 4.79 Å². The van der Waals surface area contributed by atoms with E-state index in [9.17, 15) is 4.79 Å². The third-order valence-electron chi connectivity index (χ3n) is 7.54. The highest BCUT2D eigenvalue weighted by atomic mass is 19.1. The molecule has 13 nitrogen and oxygen atoms in total. The van der Waals surface area contributed by atoms with Crippen molar-refractivity contribution in [3.8, 4) is 17.2 Å². The van der Waals surface area contributed by atoms with E-state index in [1.165, 1.54) is 17.2 Å². The monoisotopic (exact) mass is 614 g/mol. The molecule has 1 saturated heterocycles. The van der Waals surface area contributed by atoms with Crippen LogP contribution in [0.25, 0.3) is 16.7 Å². The normalized spacial score (nSPS) is 16.2. The SMILES string of the molecule is CN(C)C/C=C/C(=O)N1CCN2C[C@H]1COc1cc3ncnc(Nc4cc(F)c(Oc5ccn6ncnc6c5)cc4F)c3nc12. The molecule has 0 radical (unpaired) electrons. The third-order valence-corrected chi connectivity index (χ3v) is 7.54. The van der Waals surface area contributed by atoms with Gasteiger partial charge in [-0.15, -0.1) is 0 Å². The first-order valence-electron chi connectivity index (χ1n) is 14.2. The predicted octanol–water partition coefficient (Wildman–Crippen LogP) is 3.41. The molecule has 0 spiro atoms. The molecule has 15 heteroatoms. The van der Waals surface area contributed by atoms with Gasteiger partial charge in [0.2, 0.25) is 5.91 Å². The number of nitrogens with zero attached hydrogens (tertiary/aromatic N) is 9. The molecule has 1 atom stereocenters. The van der Waals surface area contributed by atoms with Crippen LogP contribution < -0.4 is 19.7 Å². The van der Waals surface area contributed by atoms with Crippen molar-refractivity contribution >= 4 is 39.9 Å². The second-order valence-electron chi connectivity index (χ2n) is 10.9. The van der Waals surface area contributed by atoms with Crippen LogP contribution in [-0.4, -0.2) is 98.2 Å². The lowest BCUT2D eigenvalue weighted by Crippen LogP contribution is -2.56. The van der Waals surface area contributed by atoms with Gasteiger partial charge in [0, 0.05) is 62.7 Å². The zero-order chi connectivity index (χ0) is 31.1. The molecule has 1 aromatic carbocycles. The number of halogens is 2. The van der Waals surface area contributed by atoms with Crippen LogP contribution in [0.5, 0.6) is 17.2 Å². The largest absolute Gasteiger partial charge is 0.487 e. The molecule has 0 unspecified atom stereocenters. The van der Waals surface area contributed by atoms with E-state index in [2.05, 4.69) is 30.3 Å². The van der Waals surface area contributed by atoms with Crippen LogP contribution in [0, 0.1) is 11.6 Å². The Hall–Kier alpha value is -5.44. The second kappa shape index (κ2) is 11.6. The van der Waals surface area contributed by atoms with Crippen molar-refractivity contribution < 1.29 is 23.0 Å². The number of likely N-dealkylation sites (N-methyl/N-ethyl adjacent to an activating group) is 1. The van der Waals surface area contributed by atoms with Crippen LogP contribution in [0.1, 0.15) is 0 Å². The number of aromatic nitrogens is 6. The number of rotatable bonds is 7. The lowest BCUT2D eigenvalue weighted by molar-refractivity contribution is -0.129. The van der Waals surface area contributed by atoms with Gasteiger partial charge in [-0.05, 0) is 20.2 Å². The Balaban J connectivity index is 1.12. The van der Waals surface area contributed by atoms with E-state index in [0.717, 1.165) is 12.1 Å². The standard InChI is InChI=1S/C30H28F2N10O3/c1-39(2)6-3-4-27(43)41-9-8-40-14-18(41)15-44-25-13-23-28(38-30(25)40)29(35-16-33-23)37-22-11-21(32)24(12-20(22)31)45-19-5-7-42-26(10-19)34-17-36-42/h3-5,7,10-13,16-18H,6,8-9,14-15H2,1-2H3,(H,33,35,37)/b4-3+/t18-/m0/s1. The molecule has 1 amide bonds. The number of ether oxygens (including phenoxy) is 2. The van der Waals surface area contributed by atoms with Crippen LogP contribution in [0.2, 0.25) is 0 Å². The van der Waals surface area contributed by atoms with Crippen molar-refractivity contribution in [3.63, 3.8) is 0 Å². The summed E-state index contributed by atoms with van der Waals surface area (Å²) in [6, 6.07) is 6.65. The van der Waals surface area contributed by atoms with Gasteiger partial charge in [-0.1, -0.05) is 6.08 Å². The summed E-state index contributed by atoms with van der Waals surface area (Å²) >= 11 is 0. The molecule has 2 aliphatic heterocycles. The Morgan fingerprint density at radius 2 is 2.02 bits per heavy atom. The fraction of sp³-hybridized carbons (Fsp3) is 0.267. The number of hydrogen-bond donors (Lipinski definition) is 1. The van der Waals surface area contributed by atoms with Gasteiger partial charge < -0.3 is 29.5 Å². The topological polar surface area (TPSA) is 126 Å². The van der Waals surface area contributed by atoms with Gasteiger partial charge in [-0.2, -0.15) is 5.10 Å². The molecule has 2 aliphatic rings. The van der Waals surface area contributed by atoms with Crippen LogP contribution >= 0.6 is 0 Å². The number of piperazine rings is 1. The summed E-state index contributed by atoms with van der Waals surface area (Å²) in [7, 11) is 3.88. The number of carbonyl (C=O) groups excluding carboxylic acids is 1. The van der Waals surface area contributed by atoms with Crippen molar-refractivity contribution in [3.05, 3.63) is 73.0 Å². The number of carbonyl (C=O) groups is 1. The second-order valence-corrected chi connectivity index (χ2v) is 10.9. The molecule has 7 rings (SSSR count). The lowest BCUT2D eigenvalue weighted by atomic mass is 10.1. The number of hydrogen-bond acceptors (Lipinski definition) is 11. The van der Waals surface area contributed by atoms with Crippen LogP contribution in [0.3, 0.4) is 0 Å². The highest BCUT2D eigenvalue weighted by molar-refractivity contribution is 5.90. The number of benzene rings is 1. The van der Waals surface area contributed by atoms with E-state index in [1.54, 1.807) is 30.5 Å². The van der Waals surface area contributed by atoms with Crippen LogP contribution in [0.4, 0.5) is 26.1 Å². The van der Waals surface area contributed by atoms with Crippen LogP contribution in [0.15, 0.2) is 61.3 Å². The third kappa shape index (κ3) is 5.64. The summed E-state index contributed by atoms with van der Waals surface area (Å²) in [5.74, 6) is -0.353. The quantitative estimate of drug-likeness (QED) is 0.271. The lowest BCUT2D eigenvalue weighted by Gasteiger charge is -2.39. The summed E-state index contributed by atoms with van der Waals surface area (Å²) in [5.41, 5.74) is 1.14. The minimum Gasteiger partial charge on any atom is -0.487 e. The number of anilines is 3. The summed E-state index contributed by atoms with van der Waals surface area (Å²) in [4.78, 5) is 36.2. The van der Waals surface area contributed by atoms with E-state index >= 15 is 8.78 Å². The highest BCUT2D eigenvalue weighted by Gasteiger charge is 2.35. The molecular formula is C30H28F2N10O3. The van der Waals surface area contributed by atoms with E-state index in [4.69, 9.17) is 14.5 Å². The molecule has 2 bridgehead atoms. The van der Waals surface area contributed by atoms with Gasteiger partial charge in [0.15, 0.2) is 40.4 Å². The van der Waals surface area contributed by atoms with E-state index in [1.807, 2.05) is 30.0 Å². The molecular weight excluding hydrogens is 586 g/mol. The van der Waals surface area contributed by atoms with Gasteiger partial charge in [-0.25, -0.2) is 33.2 Å². The number of amides is 1. The highest BCUT2D eigenvalue weighted by Crippen LogP contribution is 2.37. The Morgan fingerprint density at radius 3 is 2.89 bits per heavy atom. The maximum Gasteiger partial charge on any atom is 0.246 e. The number of pyridine rings is 2. The van der Waals surface area contributed by atoms with Crippen molar-refractivity contribution in [2.24, 2.45) is 0 Å². The van der Waals surface area contributed by atoms with Gasteiger partial charge in [0.05, 0.1) is 17.2 Å². The molecule has 1 N–H and O–H groups in total. The summed E-state index contributed by atoms with van der Waals surface area (Å²) in [5, 5.41) is 6.87. The van der Waals surface area contributed by atoms with E-state index in [0.29, 0.717) is 61.0 Å². The zero-order valence-corrected chi connectivity index (χ0v) is 24.4. The Kier molecular flexibility index (Phi) is 7.29. The Labute approximate surface area is 255 Å². The van der Waals surface area contributed by atoms with Gasteiger partial charge >= 0.3 is 0 Å². The molecule has 0 aliphatic carbocycles. The minimum atomic E-state index is -0.788. The Morgan fingerprint density at radius 1 is 1.13 bits per heavy atom. The van der Waals surface area contributed by atoms with Crippen molar-refractivity contribution in [1.29, 1.82) is 0 Å². The first-order valence-corrected chi connectivity index (χ1v) is 14.2. The molecule has 5 aromatic rings. The summed E-state index contributed by atoms with van der Waals surface area (Å²) < 4.78 is 43.6. The van der Waals surface area contributed by atoms with Crippen molar-refractivity contribution in [2.45, 2.75) is 6.04 Å². The maximum absolute atomic E-state index is 15.3. The van der Waals surface area contributed by atoms with Gasteiger partial charge in [0.1, 0.15) is 30.5 Å². The zero-order valence-electron chi connectivity index (χ0n) is 24.4. The smallest absolute Gasteiger partial charge is 0.246 e. The molecule has 4 aromatic heterocycles. The maximum atomic E-state index is 15.3. The first kappa shape index (κ1) is 28.3. The van der Waals surface area contributed by atoms with Crippen molar-refractivity contribution in [2.75, 3.05) is 57.1 Å². The fourth-order valence-corrected chi connectivity index (χ4v) is 5.33. The van der Waals surface area contributed by atoms with Crippen molar-refractivity contribution in [1.82, 2.24) is 39.3 Å². The Bertz CT molecular complexity index is 1950. The molecule has 6 heterocycles. The first-order chi connectivity index (χ1) is 21.8. The van der Waals surface area contributed by atoms with Gasteiger partial charge in [0.25, 0.3) is 0 Å². The number of fused-ring (bicyclic) bond motifs is 6. The number of nitrogens with one attached hydrogen (secondary N) is 1. The predicted molar refractivity (Wildman–Crippen MR) is 161 cm³/mol. The molecule has 45 heavy (non-hydrogen) atoms. The molecule has 1 fully saturated rings. The summed E-state index contributed by atoms with van der Waals surface area (Å²) in [6.45, 7) is 2.54. The fourth-order valence-electron chi connectivity index (χ4n) is 5.33. The summed E-state index contributed by atoms with van der Waals surface area (Å²) in [6.07, 6.45) is 7.73. The molecule has 230 valence electrons. The average Bonchev–Trinajstić information content (AvgIpc) is 3.45. The molecule has 0 saturated carbocycles. The van der Waals surface area contributed by atoms with E-state index < -0.39 is 11.6 Å². The van der Waals surface area contributed by atoms with Gasteiger partial charge in [-0.3, -0.25) is 4.79 Å². The minimum absolute atomic E-state index is 0.0615. The average molecular weight is 615 g/mol.